The van der Waals surface area contributed by atoms with Gasteiger partial charge in [0.2, 0.25) is 23.6 Å². The number of aromatic hydroxyl groups is 1. The summed E-state index contributed by atoms with van der Waals surface area (Å²) in [4.78, 5) is 78.9. The van der Waals surface area contributed by atoms with Crippen LogP contribution in [0, 0.1) is 5.92 Å². The van der Waals surface area contributed by atoms with Gasteiger partial charge in [-0.1, -0.05) is 86.6 Å². The minimum atomic E-state index is -1.14. The first kappa shape index (κ1) is 43.5. The number of esters is 1. The van der Waals surface area contributed by atoms with Crippen molar-refractivity contribution in [2.45, 2.75) is 97.2 Å². The standard InChI is InChI=1S/C41H53N5O9/c1-26(2)21-34(39(52)54-25-30-15-11-8-12-16-30)45-38(51)33(22-28-13-9-7-10-14-28)44-36(49)27(3)43-35(48)24-42-37(50)32(46-40(53)55-41(4,5)6)23-29-17-19-31(47)20-18-29/h7-20,26-27,32-34,47H,21-25H2,1-6H3,(H,42,50)(H,43,48)(H,44,49)(H,45,51)(H,46,53)/t27-,32-,33-,34-/m1/s1. The van der Waals surface area contributed by atoms with Gasteiger partial charge >= 0.3 is 12.1 Å². The first-order valence-corrected chi connectivity index (χ1v) is 18.2. The Balaban J connectivity index is 1.65. The van der Waals surface area contributed by atoms with Crippen molar-refractivity contribution >= 4 is 35.7 Å². The topological polar surface area (TPSA) is 201 Å². The van der Waals surface area contributed by atoms with Gasteiger partial charge in [-0.15, -0.1) is 0 Å². The predicted molar refractivity (Wildman–Crippen MR) is 205 cm³/mol. The zero-order valence-corrected chi connectivity index (χ0v) is 32.2. The summed E-state index contributed by atoms with van der Waals surface area (Å²) in [5.74, 6) is -3.24. The van der Waals surface area contributed by atoms with Gasteiger partial charge in [-0.3, -0.25) is 19.2 Å². The number of alkyl carbamates (subject to hydrolysis) is 1. The van der Waals surface area contributed by atoms with Crippen LogP contribution in [0.5, 0.6) is 5.75 Å². The van der Waals surface area contributed by atoms with Gasteiger partial charge in [-0.25, -0.2) is 9.59 Å². The molecule has 0 saturated heterocycles. The molecular weight excluding hydrogens is 706 g/mol. The average molecular weight is 760 g/mol. The number of carbonyl (C=O) groups is 6. The third kappa shape index (κ3) is 16.3. The van der Waals surface area contributed by atoms with Crippen molar-refractivity contribution in [2.75, 3.05) is 6.54 Å². The smallest absolute Gasteiger partial charge is 0.408 e. The highest BCUT2D eigenvalue weighted by molar-refractivity contribution is 5.95. The maximum absolute atomic E-state index is 13.7. The van der Waals surface area contributed by atoms with Crippen LogP contribution in [0.1, 0.15) is 64.7 Å². The molecular formula is C41H53N5O9. The quantitative estimate of drug-likeness (QED) is 0.105. The van der Waals surface area contributed by atoms with Crippen LogP contribution >= 0.6 is 0 Å². The highest BCUT2D eigenvalue weighted by Gasteiger charge is 2.30. The van der Waals surface area contributed by atoms with Gasteiger partial charge in [0, 0.05) is 12.8 Å². The molecule has 3 aromatic carbocycles. The van der Waals surface area contributed by atoms with Crippen molar-refractivity contribution in [3.63, 3.8) is 0 Å². The Morgan fingerprint density at radius 1 is 0.636 bits per heavy atom. The molecule has 0 aromatic heterocycles. The predicted octanol–water partition coefficient (Wildman–Crippen LogP) is 3.45. The molecule has 0 unspecified atom stereocenters. The molecule has 0 aliphatic heterocycles. The Morgan fingerprint density at radius 3 is 1.73 bits per heavy atom. The summed E-state index contributed by atoms with van der Waals surface area (Å²) >= 11 is 0. The lowest BCUT2D eigenvalue weighted by molar-refractivity contribution is -0.150. The second-order valence-corrected chi connectivity index (χ2v) is 14.6. The SMILES string of the molecule is CC(C)C[C@@H](NC(=O)[C@@H](Cc1ccccc1)NC(=O)[C@@H](C)NC(=O)CNC(=O)[C@@H](Cc1ccc(O)cc1)NC(=O)OC(C)(C)C)C(=O)OCc1ccccc1. The molecule has 14 nitrogen and oxygen atoms in total. The molecule has 14 heteroatoms. The zero-order valence-electron chi connectivity index (χ0n) is 32.2. The van der Waals surface area contributed by atoms with Crippen LogP contribution in [0.25, 0.3) is 0 Å². The van der Waals surface area contributed by atoms with Crippen molar-refractivity contribution < 1.29 is 43.3 Å². The number of amides is 5. The molecule has 0 spiro atoms. The van der Waals surface area contributed by atoms with Gasteiger partial charge in [-0.05, 0) is 68.9 Å². The van der Waals surface area contributed by atoms with E-state index in [0.29, 0.717) is 12.0 Å². The van der Waals surface area contributed by atoms with Crippen molar-refractivity contribution in [1.29, 1.82) is 0 Å². The number of ether oxygens (including phenoxy) is 2. The summed E-state index contributed by atoms with van der Waals surface area (Å²) in [6.45, 7) is 9.76. The number of carbonyl (C=O) groups excluding carboxylic acids is 6. The van der Waals surface area contributed by atoms with Crippen LogP contribution in [0.4, 0.5) is 4.79 Å². The molecule has 0 aliphatic carbocycles. The molecule has 4 atom stereocenters. The van der Waals surface area contributed by atoms with E-state index < -0.39 is 72.0 Å². The summed E-state index contributed by atoms with van der Waals surface area (Å²) in [6.07, 6.45) is -0.420. The van der Waals surface area contributed by atoms with Gasteiger partial charge < -0.3 is 41.2 Å². The number of phenols is 1. The van der Waals surface area contributed by atoms with Crippen molar-refractivity contribution in [3.05, 3.63) is 102 Å². The fourth-order valence-corrected chi connectivity index (χ4v) is 5.32. The third-order valence-electron chi connectivity index (χ3n) is 8.03. The molecule has 3 rings (SSSR count). The number of phenolic OH excluding ortho intramolecular Hbond substituents is 1. The molecule has 0 saturated carbocycles. The summed E-state index contributed by atoms with van der Waals surface area (Å²) < 4.78 is 10.8. The van der Waals surface area contributed by atoms with Gasteiger partial charge in [0.1, 0.15) is 42.1 Å². The lowest BCUT2D eigenvalue weighted by atomic mass is 10.0. The fraction of sp³-hybridized carbons (Fsp3) is 0.415. The molecule has 0 radical (unpaired) electrons. The normalized spacial score (nSPS) is 13.3. The maximum atomic E-state index is 13.7. The molecule has 0 bridgehead atoms. The molecule has 0 fully saturated rings. The Morgan fingerprint density at radius 2 is 1.16 bits per heavy atom. The van der Waals surface area contributed by atoms with E-state index in [2.05, 4.69) is 26.6 Å². The van der Waals surface area contributed by atoms with Crippen molar-refractivity contribution in [1.82, 2.24) is 26.6 Å². The van der Waals surface area contributed by atoms with Gasteiger partial charge in [0.05, 0.1) is 6.54 Å². The fourth-order valence-electron chi connectivity index (χ4n) is 5.32. The molecule has 296 valence electrons. The van der Waals surface area contributed by atoms with Crippen LogP contribution in [0.2, 0.25) is 0 Å². The highest BCUT2D eigenvalue weighted by atomic mass is 16.6. The summed E-state index contributed by atoms with van der Waals surface area (Å²) in [5.41, 5.74) is 1.33. The monoisotopic (exact) mass is 759 g/mol. The van der Waals surface area contributed by atoms with E-state index in [4.69, 9.17) is 9.47 Å². The Kier molecular flexibility index (Phi) is 16.7. The van der Waals surface area contributed by atoms with Crippen molar-refractivity contribution in [2.24, 2.45) is 5.92 Å². The number of hydrogen-bond donors (Lipinski definition) is 6. The molecule has 55 heavy (non-hydrogen) atoms. The average Bonchev–Trinajstić information content (AvgIpc) is 3.12. The van der Waals surface area contributed by atoms with E-state index in [1.54, 1.807) is 57.2 Å². The minimum Gasteiger partial charge on any atom is -0.508 e. The molecule has 0 heterocycles. The largest absolute Gasteiger partial charge is 0.508 e. The van der Waals surface area contributed by atoms with E-state index in [1.807, 2.05) is 50.2 Å². The van der Waals surface area contributed by atoms with Crippen LogP contribution in [0.15, 0.2) is 84.9 Å². The first-order valence-electron chi connectivity index (χ1n) is 18.2. The van der Waals surface area contributed by atoms with E-state index in [1.165, 1.54) is 19.1 Å². The Hall–Kier alpha value is -5.92. The summed E-state index contributed by atoms with van der Waals surface area (Å²) in [6, 6.07) is 19.9. The zero-order chi connectivity index (χ0) is 40.5. The van der Waals surface area contributed by atoms with Crippen molar-refractivity contribution in [3.8, 4) is 5.75 Å². The Labute approximate surface area is 322 Å². The number of benzene rings is 3. The van der Waals surface area contributed by atoms with Crippen LogP contribution in [-0.2, 0) is 52.9 Å². The van der Waals surface area contributed by atoms with Gasteiger partial charge in [0.15, 0.2) is 0 Å². The van der Waals surface area contributed by atoms with Crippen LogP contribution in [-0.4, -0.2) is 77.1 Å². The van der Waals surface area contributed by atoms with Crippen LogP contribution in [0.3, 0.4) is 0 Å². The number of nitrogens with one attached hydrogen (secondary N) is 5. The number of rotatable bonds is 18. The Bertz CT molecular complexity index is 1730. The molecule has 5 amide bonds. The first-order chi connectivity index (χ1) is 26.0. The summed E-state index contributed by atoms with van der Waals surface area (Å²) in [7, 11) is 0. The molecule has 0 aliphatic rings. The minimum absolute atomic E-state index is 0.0272. The lowest BCUT2D eigenvalue weighted by Crippen LogP contribution is -2.57. The van der Waals surface area contributed by atoms with Gasteiger partial charge in [-0.2, -0.15) is 0 Å². The van der Waals surface area contributed by atoms with E-state index in [0.717, 1.165) is 11.1 Å². The van der Waals surface area contributed by atoms with E-state index in [-0.39, 0.29) is 31.1 Å². The highest BCUT2D eigenvalue weighted by Crippen LogP contribution is 2.14. The summed E-state index contributed by atoms with van der Waals surface area (Å²) in [5, 5.41) is 22.6. The molecule has 3 aromatic rings. The third-order valence-corrected chi connectivity index (χ3v) is 8.03. The second-order valence-electron chi connectivity index (χ2n) is 14.6. The molecule has 6 N–H and O–H groups in total. The maximum Gasteiger partial charge on any atom is 0.408 e. The van der Waals surface area contributed by atoms with Gasteiger partial charge in [0.25, 0.3) is 0 Å². The van der Waals surface area contributed by atoms with Crippen LogP contribution < -0.4 is 26.6 Å². The van der Waals surface area contributed by atoms with E-state index >= 15 is 0 Å². The second kappa shape index (κ2) is 21.1. The van der Waals surface area contributed by atoms with E-state index in [9.17, 15) is 33.9 Å². The lowest BCUT2D eigenvalue weighted by Gasteiger charge is -2.25. The number of hydrogen-bond acceptors (Lipinski definition) is 9.